The highest BCUT2D eigenvalue weighted by molar-refractivity contribution is 8.76. The first-order valence-corrected chi connectivity index (χ1v) is 19.6. The fourth-order valence-electron chi connectivity index (χ4n) is 3.51. The smallest absolute Gasteiger partial charge is 0.334 e. The molecular formula is C34H46N4O12S4. The van der Waals surface area contributed by atoms with E-state index in [-0.39, 0.29) is 40.7 Å². The number of hydrogen-bond donors (Lipinski definition) is 8. The monoisotopic (exact) mass is 830 g/mol. The molecule has 0 aliphatic rings. The summed E-state index contributed by atoms with van der Waals surface area (Å²) in [4.78, 5) is 88.8. The standard InChI is InChI=1S/C17H22N2O6S2.C12H15NO3S.C5H9NO3S/c1-10-4-6-13(7-5-10)25-17(24)15(19-12(3)21)9-27-26-8-14(16(22)23)18-11(2)20;1-8-3-5-10(6-4-8)16-12(15)11(7-17)13-9(2)14;1-3(7)6-4(2-10)5(8)9/h4-7,14-15H,8-9H2,1-3H3,(H,18,20)(H,19,21)(H,22,23);3-6,11,17H,7H2,1-2H3,(H,13,14);4,10H,2H2,1H3,(H,6,7)(H,8,9). The van der Waals surface area contributed by atoms with Crippen LogP contribution >= 0.6 is 46.8 Å². The molecule has 0 radical (unpaired) electrons. The van der Waals surface area contributed by atoms with E-state index in [1.54, 1.807) is 36.4 Å². The number of carbonyl (C=O) groups is 8. The van der Waals surface area contributed by atoms with E-state index in [2.05, 4.69) is 46.5 Å². The molecule has 2 aromatic rings. The molecule has 0 heterocycles. The lowest BCUT2D eigenvalue weighted by Gasteiger charge is -2.17. The zero-order valence-corrected chi connectivity index (χ0v) is 33.9. The Kier molecular flexibility index (Phi) is 25.0. The van der Waals surface area contributed by atoms with E-state index in [0.29, 0.717) is 11.5 Å². The van der Waals surface area contributed by atoms with Gasteiger partial charge in [0.05, 0.1) is 0 Å². The van der Waals surface area contributed by atoms with E-state index in [1.807, 2.05) is 26.0 Å². The van der Waals surface area contributed by atoms with Crippen molar-refractivity contribution >= 4 is 94.4 Å². The van der Waals surface area contributed by atoms with Gasteiger partial charge in [0.25, 0.3) is 0 Å². The highest BCUT2D eigenvalue weighted by Gasteiger charge is 2.24. The van der Waals surface area contributed by atoms with Crippen LogP contribution < -0.4 is 30.7 Å². The van der Waals surface area contributed by atoms with Crippen molar-refractivity contribution in [2.45, 2.75) is 65.7 Å². The minimum atomic E-state index is -1.14. The first kappa shape index (κ1) is 49.6. The first-order valence-electron chi connectivity index (χ1n) is 15.9. The average molecular weight is 831 g/mol. The molecule has 16 nitrogen and oxygen atoms in total. The van der Waals surface area contributed by atoms with Crippen molar-refractivity contribution in [1.82, 2.24) is 21.3 Å². The summed E-state index contributed by atoms with van der Waals surface area (Å²) in [5, 5.41) is 26.9. The van der Waals surface area contributed by atoms with E-state index in [1.165, 1.54) is 49.3 Å². The second kappa shape index (κ2) is 27.2. The van der Waals surface area contributed by atoms with Crippen molar-refractivity contribution in [2.75, 3.05) is 23.0 Å². The Morgan fingerprint density at radius 1 is 0.537 bits per heavy atom. The zero-order chi connectivity index (χ0) is 41.4. The van der Waals surface area contributed by atoms with Gasteiger partial charge in [-0.15, -0.1) is 0 Å². The maximum Gasteiger partial charge on any atom is 0.334 e. The Hall–Kier alpha value is -4.40. The summed E-state index contributed by atoms with van der Waals surface area (Å²) >= 11 is 7.73. The number of hydrogen-bond acceptors (Lipinski definition) is 14. The molecule has 4 amide bonds. The van der Waals surface area contributed by atoms with Crippen LogP contribution in [0, 0.1) is 13.8 Å². The normalized spacial score (nSPS) is 12.2. The van der Waals surface area contributed by atoms with Crippen molar-refractivity contribution in [3.63, 3.8) is 0 Å². The second-order valence-electron chi connectivity index (χ2n) is 11.1. The number of aryl methyl sites for hydroxylation is 2. The molecular weight excluding hydrogens is 785 g/mol. The summed E-state index contributed by atoms with van der Waals surface area (Å²) in [5.74, 6) is -3.38. The number of ether oxygens (including phenoxy) is 2. The van der Waals surface area contributed by atoms with Gasteiger partial charge >= 0.3 is 23.9 Å². The van der Waals surface area contributed by atoms with E-state index >= 15 is 0 Å². The van der Waals surface area contributed by atoms with Gasteiger partial charge in [-0.2, -0.15) is 25.3 Å². The summed E-state index contributed by atoms with van der Waals surface area (Å²) in [6.45, 7) is 8.99. The maximum atomic E-state index is 12.3. The minimum Gasteiger partial charge on any atom is -0.480 e. The fourth-order valence-corrected chi connectivity index (χ4v) is 6.30. The van der Waals surface area contributed by atoms with Crippen LogP contribution in [0.1, 0.15) is 38.8 Å². The number of amides is 4. The second-order valence-corrected chi connectivity index (χ2v) is 14.4. The number of nitrogens with one attached hydrogen (secondary N) is 4. The van der Waals surface area contributed by atoms with Gasteiger partial charge in [0.1, 0.15) is 35.7 Å². The molecule has 4 unspecified atom stereocenters. The number of rotatable bonds is 17. The Morgan fingerprint density at radius 2 is 0.833 bits per heavy atom. The van der Waals surface area contributed by atoms with Crippen LogP contribution in [0.4, 0.5) is 0 Å². The van der Waals surface area contributed by atoms with E-state index in [9.17, 15) is 38.4 Å². The van der Waals surface area contributed by atoms with E-state index in [4.69, 9.17) is 19.7 Å². The highest BCUT2D eigenvalue weighted by Crippen LogP contribution is 2.24. The van der Waals surface area contributed by atoms with Crippen LogP contribution in [0.2, 0.25) is 0 Å². The van der Waals surface area contributed by atoms with Crippen molar-refractivity contribution in [3.05, 3.63) is 59.7 Å². The summed E-state index contributed by atoms with van der Waals surface area (Å²) < 4.78 is 10.4. The van der Waals surface area contributed by atoms with E-state index in [0.717, 1.165) is 11.1 Å². The Labute approximate surface area is 332 Å². The molecule has 0 aromatic heterocycles. The minimum absolute atomic E-state index is 0.106. The summed E-state index contributed by atoms with van der Waals surface area (Å²) in [6, 6.07) is 10.5. The third kappa shape index (κ3) is 23.3. The number of esters is 2. The molecule has 0 aliphatic heterocycles. The lowest BCUT2D eigenvalue weighted by molar-refractivity contribution is -0.141. The number of benzene rings is 2. The molecule has 6 N–H and O–H groups in total. The number of carboxylic acid groups (broad SMARTS) is 2. The van der Waals surface area contributed by atoms with Crippen molar-refractivity contribution in [2.24, 2.45) is 0 Å². The lowest BCUT2D eigenvalue weighted by atomic mass is 10.2. The molecule has 54 heavy (non-hydrogen) atoms. The molecule has 0 saturated heterocycles. The van der Waals surface area contributed by atoms with Gasteiger partial charge in [-0.1, -0.05) is 57.0 Å². The summed E-state index contributed by atoms with van der Waals surface area (Å²) in [5.41, 5.74) is 2.10. The van der Waals surface area contributed by atoms with Crippen LogP contribution in [0.25, 0.3) is 0 Å². The van der Waals surface area contributed by atoms with Crippen molar-refractivity contribution in [1.29, 1.82) is 0 Å². The maximum absolute atomic E-state index is 12.3. The largest absolute Gasteiger partial charge is 0.480 e. The lowest BCUT2D eigenvalue weighted by Crippen LogP contribution is -2.44. The number of aliphatic carboxylic acids is 2. The van der Waals surface area contributed by atoms with Crippen LogP contribution in [0.3, 0.4) is 0 Å². The third-order valence-corrected chi connectivity index (χ3v) is 9.22. The molecule has 0 bridgehead atoms. The van der Waals surface area contributed by atoms with Crippen molar-refractivity contribution in [3.8, 4) is 11.5 Å². The average Bonchev–Trinajstić information content (AvgIpc) is 3.08. The number of carbonyl (C=O) groups excluding carboxylic acids is 6. The molecule has 2 aromatic carbocycles. The van der Waals surface area contributed by atoms with Gasteiger partial charge in [0.15, 0.2) is 0 Å². The number of thiol groups is 2. The summed E-state index contributed by atoms with van der Waals surface area (Å²) in [7, 11) is 2.38. The summed E-state index contributed by atoms with van der Waals surface area (Å²) in [6.07, 6.45) is 0. The van der Waals surface area contributed by atoms with Crippen LogP contribution in [-0.2, 0) is 38.4 Å². The van der Waals surface area contributed by atoms with Gasteiger partial charge in [-0.25, -0.2) is 19.2 Å². The zero-order valence-electron chi connectivity index (χ0n) is 30.4. The molecule has 0 spiro atoms. The van der Waals surface area contributed by atoms with Gasteiger partial charge in [0.2, 0.25) is 23.6 Å². The van der Waals surface area contributed by atoms with Crippen LogP contribution in [-0.4, -0.2) is 105 Å². The molecule has 298 valence electrons. The van der Waals surface area contributed by atoms with Gasteiger partial charge in [0, 0.05) is 50.7 Å². The predicted octanol–water partition coefficient (Wildman–Crippen LogP) is 2.22. The Bertz CT molecular complexity index is 1560. The molecule has 0 aliphatic carbocycles. The predicted molar refractivity (Wildman–Crippen MR) is 212 cm³/mol. The van der Waals surface area contributed by atoms with Crippen molar-refractivity contribution < 1.29 is 58.0 Å². The topological polar surface area (TPSA) is 244 Å². The molecule has 0 saturated carbocycles. The van der Waals surface area contributed by atoms with Crippen LogP contribution in [0.5, 0.6) is 11.5 Å². The first-order chi connectivity index (χ1) is 25.3. The SMILES string of the molecule is CC(=O)NC(CS)C(=O)O.CC(=O)NC(CS)C(=O)Oc1ccc(C)cc1.CC(=O)NC(CSSCC(NC(C)=O)C(=O)Oc1ccc(C)cc1)C(=O)O. The van der Waals surface area contributed by atoms with Crippen LogP contribution in [0.15, 0.2) is 48.5 Å². The van der Waals surface area contributed by atoms with Gasteiger partial charge in [-0.3, -0.25) is 19.2 Å². The Balaban J connectivity index is 0.000000882. The molecule has 20 heteroatoms. The fraction of sp³-hybridized carbons (Fsp3) is 0.412. The van der Waals surface area contributed by atoms with Gasteiger partial charge < -0.3 is 41.0 Å². The van der Waals surface area contributed by atoms with Gasteiger partial charge in [-0.05, 0) is 38.1 Å². The molecule has 4 atom stereocenters. The van der Waals surface area contributed by atoms with E-state index < -0.39 is 54.0 Å². The molecule has 2 rings (SSSR count). The number of carboxylic acids is 2. The quantitative estimate of drug-likeness (QED) is 0.0375. The Morgan fingerprint density at radius 3 is 1.15 bits per heavy atom. The third-order valence-electron chi connectivity index (χ3n) is 6.07. The molecule has 0 fully saturated rings. The highest BCUT2D eigenvalue weighted by atomic mass is 33.1.